The van der Waals surface area contributed by atoms with Crippen LogP contribution in [0.2, 0.25) is 0 Å². The molecule has 0 aliphatic carbocycles. The number of carbonyl (C=O) groups is 1. The van der Waals surface area contributed by atoms with Gasteiger partial charge in [-0.3, -0.25) is 4.79 Å². The monoisotopic (exact) mass is 220 g/mol. The predicted molar refractivity (Wildman–Crippen MR) is 60.3 cm³/mol. The number of aliphatic carboxylic acids is 1. The second kappa shape index (κ2) is 4.26. The number of rotatable bonds is 5. The maximum Gasteiger partial charge on any atom is 0.306 e. The van der Waals surface area contributed by atoms with E-state index in [9.17, 15) is 4.79 Å². The van der Waals surface area contributed by atoms with Crippen LogP contribution < -0.4 is 0 Å². The highest BCUT2D eigenvalue weighted by molar-refractivity contribution is 5.68. The standard InChI is InChI=1S/C13H16O3/c1-13(11(16-13)9-12(14)15)8-7-10-5-3-2-4-6-10/h2-6,11H,7-9H2,1H3,(H,14,15). The first-order valence-corrected chi connectivity index (χ1v) is 5.54. The van der Waals surface area contributed by atoms with E-state index in [0.29, 0.717) is 0 Å². The van der Waals surface area contributed by atoms with Crippen molar-refractivity contribution < 1.29 is 14.6 Å². The van der Waals surface area contributed by atoms with Crippen LogP contribution in [-0.4, -0.2) is 22.8 Å². The van der Waals surface area contributed by atoms with E-state index >= 15 is 0 Å². The molecule has 1 fully saturated rings. The van der Waals surface area contributed by atoms with Crippen LogP contribution in [0, 0.1) is 0 Å². The van der Waals surface area contributed by atoms with Crippen LogP contribution in [0.5, 0.6) is 0 Å². The summed E-state index contributed by atoms with van der Waals surface area (Å²) in [6.07, 6.45) is 1.84. The molecule has 0 aromatic heterocycles. The summed E-state index contributed by atoms with van der Waals surface area (Å²) in [6, 6.07) is 10.2. The second-order valence-corrected chi connectivity index (χ2v) is 4.50. The summed E-state index contributed by atoms with van der Waals surface area (Å²) < 4.78 is 5.46. The lowest BCUT2D eigenvalue weighted by Crippen LogP contribution is -2.14. The third kappa shape index (κ3) is 2.61. The van der Waals surface area contributed by atoms with E-state index in [1.807, 2.05) is 25.1 Å². The van der Waals surface area contributed by atoms with Gasteiger partial charge in [0, 0.05) is 0 Å². The minimum absolute atomic E-state index is 0.103. The summed E-state index contributed by atoms with van der Waals surface area (Å²) in [7, 11) is 0. The molecular weight excluding hydrogens is 204 g/mol. The molecule has 1 heterocycles. The Morgan fingerprint density at radius 3 is 2.75 bits per heavy atom. The van der Waals surface area contributed by atoms with E-state index in [-0.39, 0.29) is 18.1 Å². The zero-order chi connectivity index (χ0) is 11.6. The van der Waals surface area contributed by atoms with Gasteiger partial charge in [0.25, 0.3) is 0 Å². The van der Waals surface area contributed by atoms with Gasteiger partial charge in [0.15, 0.2) is 0 Å². The summed E-state index contributed by atoms with van der Waals surface area (Å²) in [4.78, 5) is 10.5. The number of benzene rings is 1. The SMILES string of the molecule is CC1(CCc2ccccc2)OC1CC(=O)O. The van der Waals surface area contributed by atoms with E-state index < -0.39 is 5.97 Å². The maximum absolute atomic E-state index is 10.5. The van der Waals surface area contributed by atoms with Crippen LogP contribution in [-0.2, 0) is 16.0 Å². The average molecular weight is 220 g/mol. The molecule has 2 rings (SSSR count). The van der Waals surface area contributed by atoms with Crippen molar-refractivity contribution in [1.82, 2.24) is 0 Å². The fourth-order valence-electron chi connectivity index (χ4n) is 1.96. The van der Waals surface area contributed by atoms with Crippen LogP contribution in [0.4, 0.5) is 0 Å². The van der Waals surface area contributed by atoms with Gasteiger partial charge in [-0.2, -0.15) is 0 Å². The van der Waals surface area contributed by atoms with Crippen molar-refractivity contribution in [3.8, 4) is 0 Å². The molecule has 86 valence electrons. The van der Waals surface area contributed by atoms with Crippen molar-refractivity contribution in [2.75, 3.05) is 0 Å². The average Bonchev–Trinajstić information content (AvgIpc) is 2.88. The van der Waals surface area contributed by atoms with E-state index in [0.717, 1.165) is 12.8 Å². The highest BCUT2D eigenvalue weighted by atomic mass is 16.6. The van der Waals surface area contributed by atoms with Crippen molar-refractivity contribution >= 4 is 5.97 Å². The highest BCUT2D eigenvalue weighted by Crippen LogP contribution is 2.42. The van der Waals surface area contributed by atoms with Crippen molar-refractivity contribution in [2.24, 2.45) is 0 Å². The molecule has 1 saturated heterocycles. The van der Waals surface area contributed by atoms with Crippen molar-refractivity contribution in [1.29, 1.82) is 0 Å². The van der Waals surface area contributed by atoms with Gasteiger partial charge in [0.1, 0.15) is 0 Å². The largest absolute Gasteiger partial charge is 0.481 e. The van der Waals surface area contributed by atoms with Gasteiger partial charge in [-0.25, -0.2) is 0 Å². The molecule has 1 N–H and O–H groups in total. The normalized spacial score (nSPS) is 27.7. The summed E-state index contributed by atoms with van der Waals surface area (Å²) in [6.45, 7) is 1.99. The van der Waals surface area contributed by atoms with Crippen LogP contribution in [0.25, 0.3) is 0 Å². The van der Waals surface area contributed by atoms with E-state index in [1.54, 1.807) is 0 Å². The van der Waals surface area contributed by atoms with Crippen molar-refractivity contribution in [3.63, 3.8) is 0 Å². The molecule has 1 aromatic rings. The zero-order valence-corrected chi connectivity index (χ0v) is 9.35. The predicted octanol–water partition coefficient (Wildman–Crippen LogP) is 2.25. The molecule has 0 radical (unpaired) electrons. The summed E-state index contributed by atoms with van der Waals surface area (Å²) >= 11 is 0. The molecule has 2 atom stereocenters. The number of ether oxygens (including phenoxy) is 1. The molecule has 3 nitrogen and oxygen atoms in total. The first-order chi connectivity index (χ1) is 7.60. The summed E-state index contributed by atoms with van der Waals surface area (Å²) in [5, 5.41) is 8.66. The van der Waals surface area contributed by atoms with Gasteiger partial charge in [0.2, 0.25) is 0 Å². The van der Waals surface area contributed by atoms with Gasteiger partial charge in [0.05, 0.1) is 18.1 Å². The topological polar surface area (TPSA) is 49.8 Å². The first-order valence-electron chi connectivity index (χ1n) is 5.54. The first kappa shape index (κ1) is 11.1. The molecule has 16 heavy (non-hydrogen) atoms. The Kier molecular flexibility index (Phi) is 2.97. The Morgan fingerprint density at radius 2 is 2.12 bits per heavy atom. The summed E-state index contributed by atoms with van der Waals surface area (Å²) in [5.41, 5.74) is 1.04. The Bertz CT molecular complexity index is 374. The molecule has 3 heteroatoms. The number of aryl methyl sites for hydroxylation is 1. The van der Waals surface area contributed by atoms with E-state index in [2.05, 4.69) is 12.1 Å². The number of carboxylic acids is 1. The minimum atomic E-state index is -0.784. The van der Waals surface area contributed by atoms with Crippen molar-refractivity contribution in [3.05, 3.63) is 35.9 Å². The fraction of sp³-hybridized carbons (Fsp3) is 0.462. The lowest BCUT2D eigenvalue weighted by molar-refractivity contribution is -0.137. The van der Waals surface area contributed by atoms with Crippen LogP contribution >= 0.6 is 0 Å². The molecule has 0 saturated carbocycles. The lowest BCUT2D eigenvalue weighted by Gasteiger charge is -2.05. The third-order valence-corrected chi connectivity index (χ3v) is 3.15. The highest BCUT2D eigenvalue weighted by Gasteiger charge is 2.52. The van der Waals surface area contributed by atoms with Gasteiger partial charge < -0.3 is 9.84 Å². The molecule has 1 aliphatic heterocycles. The molecule has 0 bridgehead atoms. The van der Waals surface area contributed by atoms with Gasteiger partial charge in [-0.05, 0) is 25.3 Å². The van der Waals surface area contributed by atoms with Crippen molar-refractivity contribution in [2.45, 2.75) is 37.9 Å². The molecule has 0 spiro atoms. The summed E-state index contributed by atoms with van der Waals surface area (Å²) in [5.74, 6) is -0.784. The molecule has 2 unspecified atom stereocenters. The van der Waals surface area contributed by atoms with E-state index in [4.69, 9.17) is 9.84 Å². The Balaban J connectivity index is 1.82. The third-order valence-electron chi connectivity index (χ3n) is 3.15. The lowest BCUT2D eigenvalue weighted by atomic mass is 9.96. The number of carboxylic acid groups (broad SMARTS) is 1. The quantitative estimate of drug-likeness (QED) is 0.774. The molecule has 0 amide bonds. The fourth-order valence-corrected chi connectivity index (χ4v) is 1.96. The number of hydrogen-bond donors (Lipinski definition) is 1. The van der Waals surface area contributed by atoms with Crippen LogP contribution in [0.15, 0.2) is 30.3 Å². The minimum Gasteiger partial charge on any atom is -0.481 e. The zero-order valence-electron chi connectivity index (χ0n) is 9.35. The van der Waals surface area contributed by atoms with Gasteiger partial charge >= 0.3 is 5.97 Å². The van der Waals surface area contributed by atoms with Crippen LogP contribution in [0.1, 0.15) is 25.3 Å². The molecular formula is C13H16O3. The Labute approximate surface area is 95.0 Å². The maximum atomic E-state index is 10.5. The molecule has 1 aliphatic rings. The van der Waals surface area contributed by atoms with Crippen LogP contribution in [0.3, 0.4) is 0 Å². The number of epoxide rings is 1. The Morgan fingerprint density at radius 1 is 1.44 bits per heavy atom. The smallest absolute Gasteiger partial charge is 0.306 e. The second-order valence-electron chi connectivity index (χ2n) is 4.50. The Hall–Kier alpha value is -1.35. The number of hydrogen-bond acceptors (Lipinski definition) is 2. The van der Waals surface area contributed by atoms with E-state index in [1.165, 1.54) is 5.56 Å². The molecule has 1 aromatic carbocycles. The van der Waals surface area contributed by atoms with Gasteiger partial charge in [-0.1, -0.05) is 30.3 Å². The van der Waals surface area contributed by atoms with Gasteiger partial charge in [-0.15, -0.1) is 0 Å².